The molecule has 0 aliphatic carbocycles. The lowest BCUT2D eigenvalue weighted by molar-refractivity contribution is 0.483. The van der Waals surface area contributed by atoms with Gasteiger partial charge in [0, 0.05) is 23.5 Å². The van der Waals surface area contributed by atoms with Crippen LogP contribution in [0.5, 0.6) is 11.5 Å². The van der Waals surface area contributed by atoms with Gasteiger partial charge in [0.05, 0.1) is 11.9 Å². The van der Waals surface area contributed by atoms with Gasteiger partial charge in [-0.2, -0.15) is 0 Å². The van der Waals surface area contributed by atoms with Crippen LogP contribution in [-0.2, 0) is 0 Å². The summed E-state index contributed by atoms with van der Waals surface area (Å²) >= 11 is 0. The van der Waals surface area contributed by atoms with Crippen molar-refractivity contribution in [2.75, 3.05) is 0 Å². The van der Waals surface area contributed by atoms with Crippen molar-refractivity contribution < 1.29 is 4.74 Å². The zero-order valence-corrected chi connectivity index (χ0v) is 12.9. The number of nitrogens with zero attached hydrogens (tertiary/aromatic N) is 2. The molecule has 2 heterocycles. The average molecular weight is 313 g/mol. The highest BCUT2D eigenvalue weighted by Crippen LogP contribution is 2.25. The van der Waals surface area contributed by atoms with E-state index in [1.54, 1.807) is 6.20 Å². The van der Waals surface area contributed by atoms with Crippen molar-refractivity contribution in [3.8, 4) is 34.1 Å². The molecule has 4 heteroatoms. The molecule has 1 N–H and O–H groups in total. The summed E-state index contributed by atoms with van der Waals surface area (Å²) in [6.45, 7) is 0. The summed E-state index contributed by atoms with van der Waals surface area (Å²) in [4.78, 5) is 11.9. The Morgan fingerprint density at radius 3 is 2.25 bits per heavy atom. The van der Waals surface area contributed by atoms with E-state index in [0.29, 0.717) is 0 Å². The van der Waals surface area contributed by atoms with Gasteiger partial charge in [0.1, 0.15) is 17.3 Å². The van der Waals surface area contributed by atoms with Gasteiger partial charge in [0.2, 0.25) is 0 Å². The molecule has 0 fully saturated rings. The van der Waals surface area contributed by atoms with Gasteiger partial charge >= 0.3 is 0 Å². The fraction of sp³-hybridized carbons (Fsp3) is 0. The van der Waals surface area contributed by atoms with Crippen LogP contribution in [0.2, 0.25) is 0 Å². The third kappa shape index (κ3) is 3.03. The fourth-order valence-corrected chi connectivity index (χ4v) is 2.44. The molecule has 4 aromatic rings. The molecular weight excluding hydrogens is 298 g/mol. The lowest BCUT2D eigenvalue weighted by Crippen LogP contribution is -1.85. The van der Waals surface area contributed by atoms with Crippen LogP contribution in [0.3, 0.4) is 0 Å². The molecule has 4 rings (SSSR count). The van der Waals surface area contributed by atoms with Crippen molar-refractivity contribution in [3.05, 3.63) is 85.3 Å². The van der Waals surface area contributed by atoms with Crippen molar-refractivity contribution >= 4 is 0 Å². The SMILES string of the molecule is c1ccc(Oc2ccc(-c3ncc(-c4cccnc4)[nH]3)cc2)cc1. The summed E-state index contributed by atoms with van der Waals surface area (Å²) in [7, 11) is 0. The molecule has 0 atom stereocenters. The van der Waals surface area contributed by atoms with Gasteiger partial charge in [-0.05, 0) is 48.5 Å². The Morgan fingerprint density at radius 2 is 1.50 bits per heavy atom. The van der Waals surface area contributed by atoms with Crippen LogP contribution in [0.4, 0.5) is 0 Å². The van der Waals surface area contributed by atoms with Crippen molar-refractivity contribution in [1.29, 1.82) is 0 Å². The minimum Gasteiger partial charge on any atom is -0.457 e. The number of aromatic amines is 1. The molecule has 0 unspecified atom stereocenters. The summed E-state index contributed by atoms with van der Waals surface area (Å²) in [5.74, 6) is 2.44. The van der Waals surface area contributed by atoms with Crippen molar-refractivity contribution in [2.24, 2.45) is 0 Å². The third-order valence-electron chi connectivity index (χ3n) is 3.66. The van der Waals surface area contributed by atoms with E-state index in [1.807, 2.05) is 79.1 Å². The van der Waals surface area contributed by atoms with Crippen LogP contribution in [0, 0.1) is 0 Å². The molecule has 0 bridgehead atoms. The first-order chi connectivity index (χ1) is 11.9. The zero-order valence-electron chi connectivity index (χ0n) is 12.9. The molecule has 0 aliphatic heterocycles. The van der Waals surface area contributed by atoms with Gasteiger partial charge in [0.25, 0.3) is 0 Å². The van der Waals surface area contributed by atoms with E-state index in [-0.39, 0.29) is 0 Å². The fourth-order valence-electron chi connectivity index (χ4n) is 2.44. The van der Waals surface area contributed by atoms with E-state index in [2.05, 4.69) is 15.0 Å². The minimum atomic E-state index is 0.795. The quantitative estimate of drug-likeness (QED) is 0.581. The first-order valence-corrected chi connectivity index (χ1v) is 7.67. The predicted octanol–water partition coefficient (Wildman–Crippen LogP) is 4.93. The molecule has 116 valence electrons. The van der Waals surface area contributed by atoms with Gasteiger partial charge in [-0.25, -0.2) is 4.98 Å². The smallest absolute Gasteiger partial charge is 0.137 e. The van der Waals surface area contributed by atoms with Gasteiger partial charge < -0.3 is 9.72 Å². The lowest BCUT2D eigenvalue weighted by atomic mass is 10.2. The van der Waals surface area contributed by atoms with Crippen LogP contribution in [0.15, 0.2) is 85.3 Å². The number of benzene rings is 2. The molecule has 0 spiro atoms. The average Bonchev–Trinajstić information content (AvgIpc) is 3.14. The van der Waals surface area contributed by atoms with E-state index >= 15 is 0 Å². The van der Waals surface area contributed by atoms with Gasteiger partial charge in [-0.1, -0.05) is 18.2 Å². The predicted molar refractivity (Wildman–Crippen MR) is 93.8 cm³/mol. The number of rotatable bonds is 4. The standard InChI is InChI=1S/C20H15N3O/c1-2-6-17(7-3-1)24-18-10-8-15(9-11-18)20-22-14-19(23-20)16-5-4-12-21-13-16/h1-14H,(H,22,23). The molecule has 2 aromatic heterocycles. The maximum atomic E-state index is 5.80. The maximum absolute atomic E-state index is 5.80. The Hall–Kier alpha value is -3.40. The maximum Gasteiger partial charge on any atom is 0.137 e. The van der Waals surface area contributed by atoms with Crippen molar-refractivity contribution in [3.63, 3.8) is 0 Å². The molecule has 24 heavy (non-hydrogen) atoms. The Balaban J connectivity index is 1.54. The molecule has 0 saturated heterocycles. The van der Waals surface area contributed by atoms with E-state index in [1.165, 1.54) is 0 Å². The number of para-hydroxylation sites is 1. The van der Waals surface area contributed by atoms with E-state index < -0.39 is 0 Å². The monoisotopic (exact) mass is 313 g/mol. The van der Waals surface area contributed by atoms with Crippen LogP contribution < -0.4 is 4.74 Å². The second-order valence-electron chi connectivity index (χ2n) is 5.33. The van der Waals surface area contributed by atoms with Crippen LogP contribution >= 0.6 is 0 Å². The summed E-state index contributed by atoms with van der Waals surface area (Å²) < 4.78 is 5.80. The third-order valence-corrected chi connectivity index (χ3v) is 3.66. The lowest BCUT2D eigenvalue weighted by Gasteiger charge is -2.05. The van der Waals surface area contributed by atoms with Gasteiger partial charge in [-0.3, -0.25) is 4.98 Å². The number of pyridine rings is 1. The Morgan fingerprint density at radius 1 is 0.708 bits per heavy atom. The van der Waals surface area contributed by atoms with E-state index in [4.69, 9.17) is 4.74 Å². The summed E-state index contributed by atoms with van der Waals surface area (Å²) in [5, 5.41) is 0. The highest BCUT2D eigenvalue weighted by Gasteiger charge is 2.06. The van der Waals surface area contributed by atoms with Crippen LogP contribution in [-0.4, -0.2) is 15.0 Å². The highest BCUT2D eigenvalue weighted by molar-refractivity contribution is 5.64. The summed E-state index contributed by atoms with van der Waals surface area (Å²) in [6.07, 6.45) is 5.39. The number of ether oxygens (including phenoxy) is 1. The number of hydrogen-bond donors (Lipinski definition) is 1. The molecule has 0 saturated carbocycles. The van der Waals surface area contributed by atoms with Gasteiger partial charge in [-0.15, -0.1) is 0 Å². The largest absolute Gasteiger partial charge is 0.457 e. The first-order valence-electron chi connectivity index (χ1n) is 7.67. The molecule has 2 aromatic carbocycles. The van der Waals surface area contributed by atoms with E-state index in [0.717, 1.165) is 34.1 Å². The second kappa shape index (κ2) is 6.38. The molecular formula is C20H15N3O. The number of hydrogen-bond acceptors (Lipinski definition) is 3. The highest BCUT2D eigenvalue weighted by atomic mass is 16.5. The topological polar surface area (TPSA) is 50.8 Å². The Bertz CT molecular complexity index is 916. The molecule has 0 aliphatic rings. The van der Waals surface area contributed by atoms with Crippen LogP contribution in [0.25, 0.3) is 22.6 Å². The van der Waals surface area contributed by atoms with Crippen LogP contribution in [0.1, 0.15) is 0 Å². The number of nitrogens with one attached hydrogen (secondary N) is 1. The zero-order chi connectivity index (χ0) is 16.2. The first kappa shape index (κ1) is 14.2. The number of aromatic nitrogens is 3. The number of H-pyrrole nitrogens is 1. The Labute approximate surface area is 139 Å². The number of imidazole rings is 1. The van der Waals surface area contributed by atoms with E-state index in [9.17, 15) is 0 Å². The van der Waals surface area contributed by atoms with Crippen molar-refractivity contribution in [1.82, 2.24) is 15.0 Å². The minimum absolute atomic E-state index is 0.795. The summed E-state index contributed by atoms with van der Waals surface area (Å²) in [6, 6.07) is 21.5. The second-order valence-corrected chi connectivity index (χ2v) is 5.33. The Kier molecular flexibility index (Phi) is 3.78. The molecule has 0 radical (unpaired) electrons. The molecule has 4 nitrogen and oxygen atoms in total. The summed E-state index contributed by atoms with van der Waals surface area (Å²) in [5.41, 5.74) is 2.97. The normalized spacial score (nSPS) is 10.5. The van der Waals surface area contributed by atoms with Gasteiger partial charge in [0.15, 0.2) is 0 Å². The van der Waals surface area contributed by atoms with Crippen molar-refractivity contribution in [2.45, 2.75) is 0 Å². The molecule has 0 amide bonds.